The molecule has 3 aliphatic rings. The summed E-state index contributed by atoms with van der Waals surface area (Å²) in [5.74, 6) is -0.951. The second-order valence-electron chi connectivity index (χ2n) is 13.6. The van der Waals surface area contributed by atoms with Crippen LogP contribution in [-0.2, 0) is 44.4 Å². The molecule has 2 aromatic rings. The van der Waals surface area contributed by atoms with E-state index in [1.807, 2.05) is 0 Å². The number of hydrogen-bond donors (Lipinski definition) is 10. The SMILES string of the molecule is COc1ccc(CCOC2OC(COC3OC(C)C(O)C(O)C3O)C(OC(=O)C=Cc3ccc(O)c(OC)c3)C(OC3OC(CO)C(O)C(O)C3O)C2O)cc1O. The van der Waals surface area contributed by atoms with Crippen molar-refractivity contribution in [3.8, 4) is 23.0 Å². The fraction of sp³-hybridized carbons (Fsp3) is 0.595. The van der Waals surface area contributed by atoms with Crippen LogP contribution < -0.4 is 9.47 Å². The van der Waals surface area contributed by atoms with E-state index in [4.69, 9.17) is 42.6 Å². The number of benzene rings is 2. The van der Waals surface area contributed by atoms with Gasteiger partial charge in [-0.15, -0.1) is 0 Å². The molecule has 0 spiro atoms. The largest absolute Gasteiger partial charge is 0.504 e. The molecule has 0 radical (unpaired) electrons. The molecule has 2 aromatic carbocycles. The number of rotatable bonds is 15. The van der Waals surface area contributed by atoms with Gasteiger partial charge in [-0.25, -0.2) is 4.79 Å². The van der Waals surface area contributed by atoms with Crippen LogP contribution in [0.4, 0.5) is 0 Å². The number of ether oxygens (including phenoxy) is 9. The van der Waals surface area contributed by atoms with Crippen molar-refractivity contribution >= 4 is 12.0 Å². The van der Waals surface area contributed by atoms with Crippen molar-refractivity contribution in [1.82, 2.24) is 0 Å². The lowest BCUT2D eigenvalue weighted by molar-refractivity contribution is -0.365. The normalized spacial score (nSPS) is 35.9. The van der Waals surface area contributed by atoms with Crippen LogP contribution in [-0.4, -0.2) is 183 Å². The highest BCUT2D eigenvalue weighted by atomic mass is 16.8. The van der Waals surface area contributed by atoms with Crippen LogP contribution in [0.1, 0.15) is 18.1 Å². The van der Waals surface area contributed by atoms with E-state index < -0.39 is 111 Å². The molecule has 15 unspecified atom stereocenters. The predicted molar refractivity (Wildman–Crippen MR) is 190 cm³/mol. The molecule has 3 heterocycles. The molecule has 57 heavy (non-hydrogen) atoms. The summed E-state index contributed by atoms with van der Waals surface area (Å²) in [7, 11) is 2.73. The Balaban J connectivity index is 1.44. The number of carbonyl (C=O) groups excluding carboxylic acids is 1. The average Bonchev–Trinajstić information content (AvgIpc) is 3.20. The first-order valence-electron chi connectivity index (χ1n) is 18.0. The summed E-state index contributed by atoms with van der Waals surface area (Å²) in [4.78, 5) is 13.4. The molecule has 5 rings (SSSR count). The van der Waals surface area contributed by atoms with E-state index in [1.165, 1.54) is 51.5 Å². The summed E-state index contributed by atoms with van der Waals surface area (Å²) < 4.78 is 50.8. The molecule has 0 amide bonds. The number of carbonyl (C=O) groups is 1. The third kappa shape index (κ3) is 10.5. The van der Waals surface area contributed by atoms with E-state index in [-0.39, 0.29) is 36.0 Å². The molecule has 0 saturated carbocycles. The summed E-state index contributed by atoms with van der Waals surface area (Å²) >= 11 is 0. The Morgan fingerprint density at radius 1 is 0.702 bits per heavy atom. The van der Waals surface area contributed by atoms with E-state index in [0.717, 1.165) is 6.08 Å². The minimum absolute atomic E-state index is 0.119. The van der Waals surface area contributed by atoms with Crippen LogP contribution in [0.25, 0.3) is 6.08 Å². The van der Waals surface area contributed by atoms with Crippen LogP contribution in [0.3, 0.4) is 0 Å². The summed E-state index contributed by atoms with van der Waals surface area (Å²) in [5, 5.41) is 104. The van der Waals surface area contributed by atoms with Crippen molar-refractivity contribution in [3.63, 3.8) is 0 Å². The summed E-state index contributed by atoms with van der Waals surface area (Å²) in [5.41, 5.74) is 1.02. The number of aromatic hydroxyl groups is 2. The number of phenols is 2. The first kappa shape index (κ1) is 44.4. The van der Waals surface area contributed by atoms with Crippen LogP contribution in [0.5, 0.6) is 23.0 Å². The predicted octanol–water partition coefficient (Wildman–Crippen LogP) is -2.59. The maximum absolute atomic E-state index is 13.4. The Kier molecular flexibility index (Phi) is 15.4. The zero-order valence-corrected chi connectivity index (χ0v) is 31.2. The Bertz CT molecular complexity index is 1640. The number of phenolic OH excluding ortho intramolecular Hbond substituents is 2. The molecule has 20 heteroatoms. The van der Waals surface area contributed by atoms with Gasteiger partial charge < -0.3 is 93.7 Å². The molecular weight excluding hydrogens is 764 g/mol. The highest BCUT2D eigenvalue weighted by Gasteiger charge is 2.53. The molecular formula is C37H50O20. The van der Waals surface area contributed by atoms with Gasteiger partial charge in [0.05, 0.1) is 40.1 Å². The van der Waals surface area contributed by atoms with Crippen molar-refractivity contribution in [2.45, 2.75) is 105 Å². The van der Waals surface area contributed by atoms with Gasteiger partial charge in [-0.05, 0) is 54.8 Å². The standard InChI is InChI=1S/C37H50O20/c1-16-26(42)28(44)30(46)35(53-16)52-15-24-33(56-25(41)9-6-17-4-7-19(39)22(13-17)50-3)34(57-37-31(47)29(45)27(43)23(14-38)54-37)32(48)36(55-24)51-11-10-18-5-8-21(49-2)20(40)12-18/h4-9,12-13,16,23-24,26-40,42-48H,10-11,14-15H2,1-3H3. The minimum Gasteiger partial charge on any atom is -0.504 e. The maximum Gasteiger partial charge on any atom is 0.331 e. The quantitative estimate of drug-likeness (QED) is 0.0652. The molecule has 3 saturated heterocycles. The van der Waals surface area contributed by atoms with Gasteiger partial charge in [-0.3, -0.25) is 0 Å². The van der Waals surface area contributed by atoms with Crippen molar-refractivity contribution in [2.24, 2.45) is 0 Å². The van der Waals surface area contributed by atoms with Crippen LogP contribution in [0.15, 0.2) is 42.5 Å². The smallest absolute Gasteiger partial charge is 0.331 e. The van der Waals surface area contributed by atoms with Crippen molar-refractivity contribution in [1.29, 1.82) is 0 Å². The first-order valence-corrected chi connectivity index (χ1v) is 18.0. The third-order valence-electron chi connectivity index (χ3n) is 9.77. The van der Waals surface area contributed by atoms with Crippen LogP contribution in [0.2, 0.25) is 0 Å². The molecule has 0 aliphatic carbocycles. The minimum atomic E-state index is -1.95. The fourth-order valence-corrected chi connectivity index (χ4v) is 6.46. The van der Waals surface area contributed by atoms with Gasteiger partial charge >= 0.3 is 5.97 Å². The van der Waals surface area contributed by atoms with Crippen molar-refractivity contribution in [2.75, 3.05) is 34.0 Å². The zero-order valence-electron chi connectivity index (χ0n) is 31.2. The average molecular weight is 815 g/mol. The Labute approximate surface area is 326 Å². The third-order valence-corrected chi connectivity index (χ3v) is 9.77. The monoisotopic (exact) mass is 814 g/mol. The van der Waals surface area contributed by atoms with Gasteiger partial charge in [0.15, 0.2) is 48.0 Å². The molecule has 3 fully saturated rings. The molecule has 20 nitrogen and oxygen atoms in total. The molecule has 10 N–H and O–H groups in total. The second-order valence-corrected chi connectivity index (χ2v) is 13.6. The van der Waals surface area contributed by atoms with E-state index in [0.29, 0.717) is 11.1 Å². The second kappa shape index (κ2) is 19.8. The van der Waals surface area contributed by atoms with Gasteiger partial charge in [-0.1, -0.05) is 12.1 Å². The lowest BCUT2D eigenvalue weighted by atomic mass is 9.96. The van der Waals surface area contributed by atoms with Gasteiger partial charge in [0.25, 0.3) is 0 Å². The van der Waals surface area contributed by atoms with Crippen molar-refractivity contribution in [3.05, 3.63) is 53.6 Å². The molecule has 318 valence electrons. The molecule has 0 aromatic heterocycles. The summed E-state index contributed by atoms with van der Waals surface area (Å²) in [6.07, 6.45) is -22.1. The van der Waals surface area contributed by atoms with Crippen LogP contribution >= 0.6 is 0 Å². The first-order chi connectivity index (χ1) is 27.2. The van der Waals surface area contributed by atoms with Gasteiger partial charge in [-0.2, -0.15) is 0 Å². The highest BCUT2D eigenvalue weighted by Crippen LogP contribution is 2.33. The number of hydrogen-bond acceptors (Lipinski definition) is 20. The number of esters is 1. The lowest BCUT2D eigenvalue weighted by Crippen LogP contribution is -2.66. The molecule has 15 atom stereocenters. The Hall–Kier alpha value is -3.71. The fourth-order valence-electron chi connectivity index (χ4n) is 6.46. The topological polar surface area (TPSA) is 302 Å². The van der Waals surface area contributed by atoms with E-state index in [1.54, 1.807) is 12.1 Å². The Morgan fingerprint density at radius 2 is 1.37 bits per heavy atom. The summed E-state index contributed by atoms with van der Waals surface area (Å²) in [6, 6.07) is 8.91. The number of aliphatic hydroxyl groups excluding tert-OH is 8. The molecule has 3 aliphatic heterocycles. The zero-order chi connectivity index (χ0) is 41.6. The van der Waals surface area contributed by atoms with Gasteiger partial charge in [0.1, 0.15) is 61.0 Å². The lowest BCUT2D eigenvalue weighted by Gasteiger charge is -2.47. The van der Waals surface area contributed by atoms with Crippen LogP contribution in [0, 0.1) is 0 Å². The molecule has 0 bridgehead atoms. The van der Waals surface area contributed by atoms with E-state index in [9.17, 15) is 55.9 Å². The van der Waals surface area contributed by atoms with Gasteiger partial charge in [0, 0.05) is 6.08 Å². The Morgan fingerprint density at radius 3 is 2.05 bits per heavy atom. The summed E-state index contributed by atoms with van der Waals surface area (Å²) in [6.45, 7) is -0.121. The van der Waals surface area contributed by atoms with Gasteiger partial charge in [0.2, 0.25) is 0 Å². The van der Waals surface area contributed by atoms with E-state index >= 15 is 0 Å². The van der Waals surface area contributed by atoms with Crippen molar-refractivity contribution < 1.29 is 98.5 Å². The maximum atomic E-state index is 13.4. The van der Waals surface area contributed by atoms with E-state index in [2.05, 4.69) is 0 Å². The number of aliphatic hydroxyl groups is 8. The number of methoxy groups -OCH3 is 2. The highest BCUT2D eigenvalue weighted by molar-refractivity contribution is 5.87.